The molecule has 0 spiro atoms. The monoisotopic (exact) mass is 440 g/mol. The standard InChI is InChI=1S/C18H24N4O.HI/c1-19-18(20-14-17-8-5-13-23-17)22-11-9-21(10-12-22)15-16-6-3-2-4-7-16;/h2-8,13H,9-12,14-15H2,1H3,(H,19,20);1H. The van der Waals surface area contributed by atoms with Crippen LogP contribution in [0.4, 0.5) is 0 Å². The SMILES string of the molecule is CN=C(NCc1ccco1)N1CCN(Cc2ccccc2)CC1.I. The van der Waals surface area contributed by atoms with Gasteiger partial charge >= 0.3 is 0 Å². The van der Waals surface area contributed by atoms with E-state index in [1.165, 1.54) is 5.56 Å². The fourth-order valence-corrected chi connectivity index (χ4v) is 2.87. The van der Waals surface area contributed by atoms with Crippen LogP contribution in [0, 0.1) is 0 Å². The molecule has 1 aliphatic rings. The van der Waals surface area contributed by atoms with Crippen molar-refractivity contribution in [2.45, 2.75) is 13.1 Å². The normalized spacial score (nSPS) is 15.9. The average molecular weight is 440 g/mol. The minimum absolute atomic E-state index is 0. The molecule has 1 aromatic carbocycles. The third kappa shape index (κ3) is 5.24. The molecule has 0 saturated carbocycles. The van der Waals surface area contributed by atoms with Crippen molar-refractivity contribution in [3.05, 3.63) is 60.1 Å². The minimum atomic E-state index is 0. The van der Waals surface area contributed by atoms with Crippen LogP contribution in [0.2, 0.25) is 0 Å². The molecule has 0 radical (unpaired) electrons. The highest BCUT2D eigenvalue weighted by Gasteiger charge is 2.19. The molecule has 0 unspecified atom stereocenters. The third-order valence-electron chi connectivity index (χ3n) is 4.13. The average Bonchev–Trinajstić information content (AvgIpc) is 3.11. The summed E-state index contributed by atoms with van der Waals surface area (Å²) in [7, 11) is 1.83. The number of nitrogens with zero attached hydrogens (tertiary/aromatic N) is 3. The van der Waals surface area contributed by atoms with Crippen molar-refractivity contribution in [2.75, 3.05) is 33.2 Å². The molecule has 130 valence electrons. The minimum Gasteiger partial charge on any atom is -0.467 e. The maximum Gasteiger partial charge on any atom is 0.194 e. The van der Waals surface area contributed by atoms with Gasteiger partial charge in [-0.2, -0.15) is 0 Å². The number of rotatable bonds is 4. The van der Waals surface area contributed by atoms with E-state index >= 15 is 0 Å². The Morgan fingerprint density at radius 3 is 2.46 bits per heavy atom. The van der Waals surface area contributed by atoms with E-state index in [9.17, 15) is 0 Å². The molecule has 3 rings (SSSR count). The first-order valence-corrected chi connectivity index (χ1v) is 8.09. The third-order valence-corrected chi connectivity index (χ3v) is 4.13. The zero-order valence-corrected chi connectivity index (χ0v) is 16.3. The predicted octanol–water partition coefficient (Wildman–Crippen LogP) is 2.79. The van der Waals surface area contributed by atoms with Gasteiger partial charge in [-0.25, -0.2) is 0 Å². The lowest BCUT2D eigenvalue weighted by Crippen LogP contribution is -2.52. The molecule has 1 aromatic heterocycles. The van der Waals surface area contributed by atoms with Crippen molar-refractivity contribution in [1.82, 2.24) is 15.1 Å². The van der Waals surface area contributed by atoms with Crippen LogP contribution in [0.5, 0.6) is 0 Å². The molecule has 0 bridgehead atoms. The van der Waals surface area contributed by atoms with Crippen molar-refractivity contribution in [3.63, 3.8) is 0 Å². The summed E-state index contributed by atoms with van der Waals surface area (Å²) in [6.07, 6.45) is 1.70. The number of nitrogens with one attached hydrogen (secondary N) is 1. The number of halogens is 1. The Kier molecular flexibility index (Phi) is 7.58. The largest absolute Gasteiger partial charge is 0.467 e. The van der Waals surface area contributed by atoms with Crippen LogP contribution < -0.4 is 5.32 Å². The van der Waals surface area contributed by atoms with Gasteiger partial charge in [-0.15, -0.1) is 24.0 Å². The smallest absolute Gasteiger partial charge is 0.194 e. The molecule has 5 nitrogen and oxygen atoms in total. The maximum absolute atomic E-state index is 5.35. The van der Waals surface area contributed by atoms with Crippen molar-refractivity contribution in [2.24, 2.45) is 4.99 Å². The molecule has 2 aromatic rings. The molecule has 0 amide bonds. The van der Waals surface area contributed by atoms with Gasteiger partial charge in [0.25, 0.3) is 0 Å². The molecule has 1 aliphatic heterocycles. The Bertz CT molecular complexity index is 607. The Hall–Kier alpha value is -1.54. The van der Waals surface area contributed by atoms with E-state index in [0.717, 1.165) is 44.4 Å². The Morgan fingerprint density at radius 2 is 1.83 bits per heavy atom. The van der Waals surface area contributed by atoms with E-state index in [1.807, 2.05) is 19.2 Å². The Labute approximate surface area is 160 Å². The van der Waals surface area contributed by atoms with Crippen LogP contribution in [0.25, 0.3) is 0 Å². The van der Waals surface area contributed by atoms with Gasteiger partial charge in [-0.05, 0) is 17.7 Å². The molecule has 1 saturated heterocycles. The van der Waals surface area contributed by atoms with Crippen LogP contribution in [0.3, 0.4) is 0 Å². The number of benzene rings is 1. The highest BCUT2D eigenvalue weighted by molar-refractivity contribution is 14.0. The molecule has 1 fully saturated rings. The number of aliphatic imine (C=N–C) groups is 1. The molecule has 6 heteroatoms. The summed E-state index contributed by atoms with van der Waals surface area (Å²) in [5.41, 5.74) is 1.38. The summed E-state index contributed by atoms with van der Waals surface area (Å²) < 4.78 is 5.35. The summed E-state index contributed by atoms with van der Waals surface area (Å²) in [6, 6.07) is 14.5. The second kappa shape index (κ2) is 9.68. The molecule has 0 atom stereocenters. The van der Waals surface area contributed by atoms with E-state index in [0.29, 0.717) is 6.54 Å². The number of hydrogen-bond acceptors (Lipinski definition) is 3. The summed E-state index contributed by atoms with van der Waals surface area (Å²) in [5, 5.41) is 3.37. The van der Waals surface area contributed by atoms with Crippen LogP contribution in [-0.4, -0.2) is 49.0 Å². The highest BCUT2D eigenvalue weighted by atomic mass is 127. The predicted molar refractivity (Wildman–Crippen MR) is 108 cm³/mol. The Balaban J connectivity index is 0.00000208. The molecular weight excluding hydrogens is 415 g/mol. The topological polar surface area (TPSA) is 44.0 Å². The van der Waals surface area contributed by atoms with Gasteiger partial charge in [0, 0.05) is 39.8 Å². The lowest BCUT2D eigenvalue weighted by Gasteiger charge is -2.36. The van der Waals surface area contributed by atoms with Crippen molar-refractivity contribution >= 4 is 29.9 Å². The first-order chi connectivity index (χ1) is 11.3. The van der Waals surface area contributed by atoms with E-state index in [4.69, 9.17) is 4.42 Å². The van der Waals surface area contributed by atoms with E-state index in [2.05, 4.69) is 50.4 Å². The van der Waals surface area contributed by atoms with Gasteiger partial charge in [0.2, 0.25) is 0 Å². The number of hydrogen-bond donors (Lipinski definition) is 1. The quantitative estimate of drug-likeness (QED) is 0.451. The second-order valence-electron chi connectivity index (χ2n) is 5.73. The number of furan rings is 1. The van der Waals surface area contributed by atoms with E-state index in [-0.39, 0.29) is 24.0 Å². The van der Waals surface area contributed by atoms with Gasteiger partial charge in [0.15, 0.2) is 5.96 Å². The Morgan fingerprint density at radius 1 is 1.08 bits per heavy atom. The zero-order chi connectivity index (χ0) is 15.9. The van der Waals surface area contributed by atoms with E-state index < -0.39 is 0 Å². The first kappa shape index (κ1) is 18.8. The second-order valence-corrected chi connectivity index (χ2v) is 5.73. The summed E-state index contributed by atoms with van der Waals surface area (Å²) >= 11 is 0. The van der Waals surface area contributed by atoms with Gasteiger partial charge in [-0.1, -0.05) is 30.3 Å². The summed E-state index contributed by atoms with van der Waals surface area (Å²) in [6.45, 7) is 5.78. The fraction of sp³-hybridized carbons (Fsp3) is 0.389. The zero-order valence-electron chi connectivity index (χ0n) is 14.0. The van der Waals surface area contributed by atoms with Crippen LogP contribution in [0.15, 0.2) is 58.1 Å². The lowest BCUT2D eigenvalue weighted by molar-refractivity contribution is 0.172. The molecule has 1 N–H and O–H groups in total. The van der Waals surface area contributed by atoms with Crippen molar-refractivity contribution in [1.29, 1.82) is 0 Å². The molecule has 2 heterocycles. The number of guanidine groups is 1. The van der Waals surface area contributed by atoms with Gasteiger partial charge in [-0.3, -0.25) is 9.89 Å². The van der Waals surface area contributed by atoms with Gasteiger partial charge in [0.1, 0.15) is 5.76 Å². The van der Waals surface area contributed by atoms with Crippen LogP contribution in [0.1, 0.15) is 11.3 Å². The highest BCUT2D eigenvalue weighted by Crippen LogP contribution is 2.09. The van der Waals surface area contributed by atoms with Crippen LogP contribution >= 0.6 is 24.0 Å². The molecule has 0 aliphatic carbocycles. The first-order valence-electron chi connectivity index (χ1n) is 8.09. The molecular formula is C18H25IN4O. The van der Waals surface area contributed by atoms with E-state index in [1.54, 1.807) is 6.26 Å². The van der Waals surface area contributed by atoms with Crippen molar-refractivity contribution < 1.29 is 4.42 Å². The van der Waals surface area contributed by atoms with Crippen molar-refractivity contribution in [3.8, 4) is 0 Å². The van der Waals surface area contributed by atoms with Crippen LogP contribution in [-0.2, 0) is 13.1 Å². The number of piperazine rings is 1. The van der Waals surface area contributed by atoms with Gasteiger partial charge < -0.3 is 14.6 Å². The summed E-state index contributed by atoms with van der Waals surface area (Å²) in [4.78, 5) is 9.19. The maximum atomic E-state index is 5.35. The van der Waals surface area contributed by atoms with Gasteiger partial charge in [0.05, 0.1) is 12.8 Å². The lowest BCUT2D eigenvalue weighted by atomic mass is 10.2. The fourth-order valence-electron chi connectivity index (χ4n) is 2.87. The molecule has 24 heavy (non-hydrogen) atoms. The summed E-state index contributed by atoms with van der Waals surface area (Å²) in [5.74, 6) is 1.87.